The van der Waals surface area contributed by atoms with Crippen LogP contribution >= 0.6 is 11.8 Å². The van der Waals surface area contributed by atoms with Crippen molar-refractivity contribution in [3.8, 4) is 0 Å². The largest absolute Gasteiger partial charge is 0.399 e. The lowest BCUT2D eigenvalue weighted by atomic mass is 10.2. The molecule has 5 N–H and O–H groups in total. The third kappa shape index (κ3) is 3.44. The van der Waals surface area contributed by atoms with E-state index in [0.717, 1.165) is 10.6 Å². The van der Waals surface area contributed by atoms with E-state index in [0.29, 0.717) is 11.4 Å². The first-order valence-electron chi connectivity index (χ1n) is 5.73. The molecule has 0 aliphatic rings. The van der Waals surface area contributed by atoms with Crippen LogP contribution in [0, 0.1) is 0 Å². The average Bonchev–Trinajstić information content (AvgIpc) is 2.37. The highest BCUT2D eigenvalue weighted by atomic mass is 32.2. The van der Waals surface area contributed by atoms with Crippen LogP contribution < -0.4 is 16.2 Å². The molecule has 0 aromatic heterocycles. The number of rotatable bonds is 4. The number of sulfonamides is 1. The Morgan fingerprint density at radius 1 is 1.15 bits per heavy atom. The maximum Gasteiger partial charge on any atom is 0.238 e. The summed E-state index contributed by atoms with van der Waals surface area (Å²) in [6.07, 6.45) is 1.97. The minimum Gasteiger partial charge on any atom is -0.399 e. The summed E-state index contributed by atoms with van der Waals surface area (Å²) in [6, 6.07) is 12.2. The van der Waals surface area contributed by atoms with Gasteiger partial charge in [0.25, 0.3) is 0 Å². The Kier molecular flexibility index (Phi) is 4.22. The van der Waals surface area contributed by atoms with Gasteiger partial charge in [0.2, 0.25) is 10.0 Å². The van der Waals surface area contributed by atoms with Crippen molar-refractivity contribution in [2.75, 3.05) is 17.3 Å². The number of primary sulfonamides is 1. The number of benzene rings is 2. The van der Waals surface area contributed by atoms with Gasteiger partial charge in [0.05, 0.1) is 10.6 Å². The molecule has 0 bridgehead atoms. The fourth-order valence-electron chi connectivity index (χ4n) is 1.76. The van der Waals surface area contributed by atoms with Crippen LogP contribution in [0.5, 0.6) is 0 Å². The standard InChI is InChI=1S/C13H15N3O2S2/c1-19-13-5-3-2-4-12(13)16-10-6-9(14)7-11(8-10)20(15,17)18/h2-8,16H,14H2,1H3,(H2,15,17,18). The van der Waals surface area contributed by atoms with Crippen LogP contribution in [0.25, 0.3) is 0 Å². The second-order valence-corrected chi connectivity index (χ2v) is 6.57. The molecular formula is C13H15N3O2S2. The lowest BCUT2D eigenvalue weighted by Crippen LogP contribution is -2.12. The minimum absolute atomic E-state index is 0.0124. The van der Waals surface area contributed by atoms with Gasteiger partial charge in [-0.3, -0.25) is 0 Å². The van der Waals surface area contributed by atoms with Crippen molar-refractivity contribution in [1.29, 1.82) is 0 Å². The summed E-state index contributed by atoms with van der Waals surface area (Å²) in [5.41, 5.74) is 7.51. The van der Waals surface area contributed by atoms with Gasteiger partial charge in [-0.15, -0.1) is 11.8 Å². The third-order valence-corrected chi connectivity index (χ3v) is 4.33. The molecule has 2 aromatic carbocycles. The zero-order chi connectivity index (χ0) is 14.8. The quantitative estimate of drug-likeness (QED) is 0.595. The summed E-state index contributed by atoms with van der Waals surface area (Å²) >= 11 is 1.59. The highest BCUT2D eigenvalue weighted by Crippen LogP contribution is 2.29. The smallest absolute Gasteiger partial charge is 0.238 e. The zero-order valence-corrected chi connectivity index (χ0v) is 12.5. The highest BCUT2D eigenvalue weighted by Gasteiger charge is 2.10. The van der Waals surface area contributed by atoms with E-state index in [4.69, 9.17) is 10.9 Å². The molecule has 0 aliphatic carbocycles. The Bertz CT molecular complexity index is 730. The number of hydrogen-bond donors (Lipinski definition) is 3. The highest BCUT2D eigenvalue weighted by molar-refractivity contribution is 7.98. The fourth-order valence-corrected chi connectivity index (χ4v) is 2.91. The molecule has 0 atom stereocenters. The summed E-state index contributed by atoms with van der Waals surface area (Å²) < 4.78 is 22.8. The molecule has 7 heteroatoms. The van der Waals surface area contributed by atoms with Crippen LogP contribution in [0.15, 0.2) is 52.3 Å². The van der Waals surface area contributed by atoms with Crippen LogP contribution in [0.4, 0.5) is 17.1 Å². The van der Waals surface area contributed by atoms with E-state index in [1.807, 2.05) is 30.5 Å². The first kappa shape index (κ1) is 14.7. The normalized spacial score (nSPS) is 11.3. The van der Waals surface area contributed by atoms with Crippen LogP contribution in [0.3, 0.4) is 0 Å². The van der Waals surface area contributed by atoms with E-state index in [1.54, 1.807) is 17.8 Å². The van der Waals surface area contributed by atoms with Gasteiger partial charge in [-0.05, 0) is 36.6 Å². The summed E-state index contributed by atoms with van der Waals surface area (Å²) in [6.45, 7) is 0. The molecule has 0 fully saturated rings. The van der Waals surface area contributed by atoms with Gasteiger partial charge in [-0.2, -0.15) is 0 Å². The SMILES string of the molecule is CSc1ccccc1Nc1cc(N)cc(S(N)(=O)=O)c1. The van der Waals surface area contributed by atoms with Gasteiger partial charge in [0.1, 0.15) is 0 Å². The second-order valence-electron chi connectivity index (χ2n) is 4.16. The molecule has 106 valence electrons. The molecule has 0 unspecified atom stereocenters. The van der Waals surface area contributed by atoms with Crippen LogP contribution in [-0.2, 0) is 10.0 Å². The number of nitrogen functional groups attached to an aromatic ring is 1. The van der Waals surface area contributed by atoms with Gasteiger partial charge >= 0.3 is 0 Å². The molecule has 20 heavy (non-hydrogen) atoms. The lowest BCUT2D eigenvalue weighted by Gasteiger charge is -2.12. The van der Waals surface area contributed by atoms with Gasteiger partial charge in [0.15, 0.2) is 0 Å². The molecule has 0 amide bonds. The molecule has 2 rings (SSSR count). The lowest BCUT2D eigenvalue weighted by molar-refractivity contribution is 0.598. The fraction of sp³-hybridized carbons (Fsp3) is 0.0769. The molecule has 0 saturated carbocycles. The van der Waals surface area contributed by atoms with E-state index in [-0.39, 0.29) is 4.90 Å². The summed E-state index contributed by atoms with van der Waals surface area (Å²) in [4.78, 5) is 1.04. The molecule has 2 aromatic rings. The number of thioether (sulfide) groups is 1. The van der Waals surface area contributed by atoms with Gasteiger partial charge in [-0.25, -0.2) is 13.6 Å². The Morgan fingerprint density at radius 2 is 1.85 bits per heavy atom. The van der Waals surface area contributed by atoms with E-state index in [9.17, 15) is 8.42 Å². The van der Waals surface area contributed by atoms with Crippen molar-refractivity contribution in [1.82, 2.24) is 0 Å². The van der Waals surface area contributed by atoms with Crippen molar-refractivity contribution in [2.45, 2.75) is 9.79 Å². The van der Waals surface area contributed by atoms with Gasteiger partial charge in [0, 0.05) is 16.3 Å². The average molecular weight is 309 g/mol. The second kappa shape index (κ2) is 5.74. The number of nitrogens with one attached hydrogen (secondary N) is 1. The van der Waals surface area contributed by atoms with Crippen LogP contribution in [0.1, 0.15) is 0 Å². The van der Waals surface area contributed by atoms with Crippen molar-refractivity contribution in [2.24, 2.45) is 5.14 Å². The Balaban J connectivity index is 2.42. The van der Waals surface area contributed by atoms with Crippen LogP contribution in [0.2, 0.25) is 0 Å². The number of hydrogen-bond acceptors (Lipinski definition) is 5. The molecule has 0 spiro atoms. The van der Waals surface area contributed by atoms with Crippen molar-refractivity contribution >= 4 is 38.8 Å². The Hall–Kier alpha value is -1.70. The van der Waals surface area contributed by atoms with Crippen molar-refractivity contribution in [3.05, 3.63) is 42.5 Å². The Labute approximate surface area is 122 Å². The summed E-state index contributed by atoms with van der Waals surface area (Å²) in [7, 11) is -3.78. The minimum atomic E-state index is -3.78. The zero-order valence-electron chi connectivity index (χ0n) is 10.8. The maximum absolute atomic E-state index is 11.4. The van der Waals surface area contributed by atoms with Crippen molar-refractivity contribution in [3.63, 3.8) is 0 Å². The monoisotopic (exact) mass is 309 g/mol. The van der Waals surface area contributed by atoms with Crippen molar-refractivity contribution < 1.29 is 8.42 Å². The third-order valence-electron chi connectivity index (χ3n) is 2.64. The maximum atomic E-state index is 11.4. The summed E-state index contributed by atoms with van der Waals surface area (Å²) in [5, 5.41) is 8.28. The predicted molar refractivity (Wildman–Crippen MR) is 83.7 cm³/mol. The number of nitrogens with two attached hydrogens (primary N) is 2. The van der Waals surface area contributed by atoms with Gasteiger partial charge in [-0.1, -0.05) is 12.1 Å². The van der Waals surface area contributed by atoms with E-state index >= 15 is 0 Å². The molecular weight excluding hydrogens is 294 g/mol. The number of anilines is 3. The van der Waals surface area contributed by atoms with Crippen LogP contribution in [-0.4, -0.2) is 14.7 Å². The van der Waals surface area contributed by atoms with E-state index < -0.39 is 10.0 Å². The first-order valence-corrected chi connectivity index (χ1v) is 8.50. The predicted octanol–water partition coefficient (Wildman–Crippen LogP) is 2.38. The first-order chi connectivity index (χ1) is 9.40. The van der Waals surface area contributed by atoms with E-state index in [2.05, 4.69) is 5.32 Å². The Morgan fingerprint density at radius 3 is 2.50 bits per heavy atom. The molecule has 0 saturated heterocycles. The van der Waals surface area contributed by atoms with Gasteiger partial charge < -0.3 is 11.1 Å². The number of para-hydroxylation sites is 1. The molecule has 0 heterocycles. The molecule has 0 radical (unpaired) electrons. The topological polar surface area (TPSA) is 98.2 Å². The van der Waals surface area contributed by atoms with E-state index in [1.165, 1.54) is 12.1 Å². The summed E-state index contributed by atoms with van der Waals surface area (Å²) in [5.74, 6) is 0. The molecule has 5 nitrogen and oxygen atoms in total. The molecule has 0 aliphatic heterocycles.